The smallest absolute Gasteiger partial charge is 0.0829 e. The molecule has 3 rings (SSSR count). The second kappa shape index (κ2) is 6.53. The molecule has 0 radical (unpaired) electrons. The van der Waals surface area contributed by atoms with Gasteiger partial charge in [-0.2, -0.15) is 0 Å². The highest BCUT2D eigenvalue weighted by Gasteiger charge is 2.33. The molecule has 0 aromatic rings. The number of likely N-dealkylation sites (N-methyl/N-ethyl adjacent to an activating group) is 1. The highest BCUT2D eigenvalue weighted by molar-refractivity contribution is 4.88. The Labute approximate surface area is 117 Å². The standard InChI is InChI=1S/C15H29N3O/c1-17-8-9-19-15(11-17)12-18(14-2-3-14)10-13-4-6-16-7-5-13/h13-16H,2-12H2,1H3. The average Bonchev–Trinajstić information content (AvgIpc) is 3.23. The molecule has 4 heteroatoms. The number of ether oxygens (including phenoxy) is 1. The van der Waals surface area contributed by atoms with Gasteiger partial charge in [0.15, 0.2) is 0 Å². The van der Waals surface area contributed by atoms with Crippen molar-refractivity contribution in [3.05, 3.63) is 0 Å². The van der Waals surface area contributed by atoms with E-state index >= 15 is 0 Å². The summed E-state index contributed by atoms with van der Waals surface area (Å²) < 4.78 is 5.95. The quantitative estimate of drug-likeness (QED) is 0.797. The molecule has 2 aliphatic heterocycles. The number of hydrogen-bond donors (Lipinski definition) is 1. The first-order chi connectivity index (χ1) is 9.31. The predicted molar refractivity (Wildman–Crippen MR) is 77.4 cm³/mol. The van der Waals surface area contributed by atoms with Gasteiger partial charge in [-0.1, -0.05) is 0 Å². The summed E-state index contributed by atoms with van der Waals surface area (Å²) in [7, 11) is 2.21. The van der Waals surface area contributed by atoms with E-state index in [1.54, 1.807) is 0 Å². The van der Waals surface area contributed by atoms with E-state index in [-0.39, 0.29) is 0 Å². The van der Waals surface area contributed by atoms with Crippen molar-refractivity contribution in [3.8, 4) is 0 Å². The summed E-state index contributed by atoms with van der Waals surface area (Å²) in [5.41, 5.74) is 0. The Morgan fingerprint density at radius 1 is 1.16 bits per heavy atom. The monoisotopic (exact) mass is 267 g/mol. The summed E-state index contributed by atoms with van der Waals surface area (Å²) in [6, 6.07) is 0.866. The summed E-state index contributed by atoms with van der Waals surface area (Å²) in [6.45, 7) is 7.99. The van der Waals surface area contributed by atoms with Crippen LogP contribution in [0.2, 0.25) is 0 Å². The van der Waals surface area contributed by atoms with Crippen molar-refractivity contribution in [2.24, 2.45) is 5.92 Å². The van der Waals surface area contributed by atoms with Gasteiger partial charge < -0.3 is 15.0 Å². The molecule has 1 unspecified atom stereocenters. The molecule has 2 saturated heterocycles. The number of piperidine rings is 1. The molecule has 0 amide bonds. The van der Waals surface area contributed by atoms with E-state index in [0.717, 1.165) is 38.2 Å². The van der Waals surface area contributed by atoms with Crippen LogP contribution in [-0.4, -0.2) is 74.9 Å². The maximum atomic E-state index is 5.95. The van der Waals surface area contributed by atoms with Crippen LogP contribution < -0.4 is 5.32 Å². The fourth-order valence-corrected chi connectivity index (χ4v) is 3.45. The summed E-state index contributed by atoms with van der Waals surface area (Å²) in [5, 5.41) is 3.47. The Balaban J connectivity index is 1.49. The molecule has 3 fully saturated rings. The third-order valence-electron chi connectivity index (χ3n) is 4.79. The lowest BCUT2D eigenvalue weighted by molar-refractivity contribution is -0.0390. The number of nitrogens with zero attached hydrogens (tertiary/aromatic N) is 2. The number of morpholine rings is 1. The Bertz CT molecular complexity index is 277. The van der Waals surface area contributed by atoms with Crippen LogP contribution in [0.25, 0.3) is 0 Å². The van der Waals surface area contributed by atoms with Crippen LogP contribution in [0.5, 0.6) is 0 Å². The Morgan fingerprint density at radius 2 is 1.95 bits per heavy atom. The van der Waals surface area contributed by atoms with Crippen molar-refractivity contribution in [3.63, 3.8) is 0 Å². The highest BCUT2D eigenvalue weighted by atomic mass is 16.5. The van der Waals surface area contributed by atoms with E-state index in [1.165, 1.54) is 45.3 Å². The third-order valence-corrected chi connectivity index (χ3v) is 4.79. The van der Waals surface area contributed by atoms with Crippen molar-refractivity contribution in [1.82, 2.24) is 15.1 Å². The van der Waals surface area contributed by atoms with E-state index in [1.807, 2.05) is 0 Å². The van der Waals surface area contributed by atoms with Crippen LogP contribution >= 0.6 is 0 Å². The Hall–Kier alpha value is -0.160. The van der Waals surface area contributed by atoms with Gasteiger partial charge in [-0.15, -0.1) is 0 Å². The van der Waals surface area contributed by atoms with Crippen LogP contribution in [0.3, 0.4) is 0 Å². The third kappa shape index (κ3) is 4.15. The molecule has 0 aromatic carbocycles. The van der Waals surface area contributed by atoms with Crippen molar-refractivity contribution < 1.29 is 4.74 Å². The molecular weight excluding hydrogens is 238 g/mol. The van der Waals surface area contributed by atoms with E-state index < -0.39 is 0 Å². The second-order valence-corrected chi connectivity index (χ2v) is 6.63. The zero-order chi connectivity index (χ0) is 13.1. The SMILES string of the molecule is CN1CCOC(CN(CC2CCNCC2)C2CC2)C1. The number of rotatable bonds is 5. The first kappa shape index (κ1) is 13.8. The minimum absolute atomic E-state index is 0.432. The Kier molecular flexibility index (Phi) is 4.74. The lowest BCUT2D eigenvalue weighted by atomic mass is 9.97. The Morgan fingerprint density at radius 3 is 2.63 bits per heavy atom. The second-order valence-electron chi connectivity index (χ2n) is 6.63. The van der Waals surface area contributed by atoms with Crippen LogP contribution in [0.4, 0.5) is 0 Å². The van der Waals surface area contributed by atoms with Crippen molar-refractivity contribution >= 4 is 0 Å². The van der Waals surface area contributed by atoms with Gasteiger partial charge in [0.1, 0.15) is 0 Å². The van der Waals surface area contributed by atoms with Gasteiger partial charge in [0.2, 0.25) is 0 Å². The summed E-state index contributed by atoms with van der Waals surface area (Å²) >= 11 is 0. The first-order valence-electron chi connectivity index (χ1n) is 8.06. The minimum atomic E-state index is 0.432. The predicted octanol–water partition coefficient (Wildman–Crippen LogP) is 0.781. The van der Waals surface area contributed by atoms with Gasteiger partial charge in [0.25, 0.3) is 0 Å². The average molecular weight is 267 g/mol. The number of hydrogen-bond acceptors (Lipinski definition) is 4. The maximum absolute atomic E-state index is 5.95. The van der Waals surface area contributed by atoms with Crippen molar-refractivity contribution in [1.29, 1.82) is 0 Å². The molecule has 1 N–H and O–H groups in total. The van der Waals surface area contributed by atoms with Crippen LogP contribution in [0.1, 0.15) is 25.7 Å². The molecule has 110 valence electrons. The lowest BCUT2D eigenvalue weighted by Gasteiger charge is -2.36. The van der Waals surface area contributed by atoms with Gasteiger partial charge in [0, 0.05) is 32.2 Å². The number of nitrogens with one attached hydrogen (secondary N) is 1. The molecular formula is C15H29N3O. The van der Waals surface area contributed by atoms with E-state index in [9.17, 15) is 0 Å². The van der Waals surface area contributed by atoms with Crippen LogP contribution in [-0.2, 0) is 4.74 Å². The molecule has 1 atom stereocenters. The lowest BCUT2D eigenvalue weighted by Crippen LogP contribution is -2.48. The molecule has 3 aliphatic rings. The molecule has 0 aromatic heterocycles. The molecule has 1 saturated carbocycles. The van der Waals surface area contributed by atoms with Crippen molar-refractivity contribution in [2.75, 3.05) is 52.9 Å². The molecule has 4 nitrogen and oxygen atoms in total. The normalized spacial score (nSPS) is 30.9. The summed E-state index contributed by atoms with van der Waals surface area (Å²) in [5.74, 6) is 0.906. The van der Waals surface area contributed by atoms with Gasteiger partial charge in [-0.3, -0.25) is 4.90 Å². The van der Waals surface area contributed by atoms with Crippen LogP contribution in [0, 0.1) is 5.92 Å². The van der Waals surface area contributed by atoms with Gasteiger partial charge in [-0.25, -0.2) is 0 Å². The van der Waals surface area contributed by atoms with Gasteiger partial charge >= 0.3 is 0 Å². The highest BCUT2D eigenvalue weighted by Crippen LogP contribution is 2.29. The minimum Gasteiger partial charge on any atom is -0.374 e. The maximum Gasteiger partial charge on any atom is 0.0829 e. The fourth-order valence-electron chi connectivity index (χ4n) is 3.45. The largest absolute Gasteiger partial charge is 0.374 e. The molecule has 0 spiro atoms. The molecule has 2 heterocycles. The van der Waals surface area contributed by atoms with Gasteiger partial charge in [0.05, 0.1) is 12.7 Å². The zero-order valence-corrected chi connectivity index (χ0v) is 12.3. The topological polar surface area (TPSA) is 27.7 Å². The summed E-state index contributed by atoms with van der Waals surface area (Å²) in [4.78, 5) is 5.14. The first-order valence-corrected chi connectivity index (χ1v) is 8.06. The zero-order valence-electron chi connectivity index (χ0n) is 12.3. The fraction of sp³-hybridized carbons (Fsp3) is 1.00. The molecule has 0 bridgehead atoms. The van der Waals surface area contributed by atoms with Crippen LogP contribution in [0.15, 0.2) is 0 Å². The molecule has 19 heavy (non-hydrogen) atoms. The van der Waals surface area contributed by atoms with Crippen molar-refractivity contribution in [2.45, 2.75) is 37.8 Å². The summed E-state index contributed by atoms with van der Waals surface area (Å²) in [6.07, 6.45) is 5.96. The van der Waals surface area contributed by atoms with Gasteiger partial charge in [-0.05, 0) is 51.7 Å². The molecule has 1 aliphatic carbocycles. The van der Waals surface area contributed by atoms with E-state index in [0.29, 0.717) is 6.10 Å². The van der Waals surface area contributed by atoms with E-state index in [2.05, 4.69) is 22.2 Å². The van der Waals surface area contributed by atoms with E-state index in [4.69, 9.17) is 4.74 Å².